The lowest BCUT2D eigenvalue weighted by Gasteiger charge is -2.21. The van der Waals surface area contributed by atoms with E-state index < -0.39 is 0 Å². The molecule has 1 aliphatic rings. The Morgan fingerprint density at radius 2 is 2.16 bits per heavy atom. The summed E-state index contributed by atoms with van der Waals surface area (Å²) in [5, 5.41) is 3.44. The molecule has 0 spiro atoms. The maximum Gasteiger partial charge on any atom is 0.0563 e. The standard InChI is InChI=1S/C16H22N2S/c1-3-13-7-8-14(19-13)10-18-9-12-5-4-6-16(17-2)15(12)11-18/h7-9,11,16-17H,3-6,10H2,1-2H3. The van der Waals surface area contributed by atoms with Crippen LogP contribution < -0.4 is 5.32 Å². The van der Waals surface area contributed by atoms with Crippen LogP contribution in [0, 0.1) is 0 Å². The summed E-state index contributed by atoms with van der Waals surface area (Å²) in [6.45, 7) is 3.25. The number of hydrogen-bond donors (Lipinski definition) is 1. The molecule has 0 radical (unpaired) electrons. The summed E-state index contributed by atoms with van der Waals surface area (Å²) >= 11 is 1.94. The van der Waals surface area contributed by atoms with Crippen molar-refractivity contribution >= 4 is 11.3 Å². The number of fused-ring (bicyclic) bond motifs is 1. The van der Waals surface area contributed by atoms with Crippen molar-refractivity contribution in [1.29, 1.82) is 0 Å². The maximum absolute atomic E-state index is 3.44. The molecule has 2 aromatic rings. The smallest absolute Gasteiger partial charge is 0.0563 e. The Bertz CT molecular complexity index is 553. The SMILES string of the molecule is CCc1ccc(Cn2cc3c(c2)C(NC)CCC3)s1. The molecule has 102 valence electrons. The average molecular weight is 274 g/mol. The Morgan fingerprint density at radius 3 is 2.89 bits per heavy atom. The van der Waals surface area contributed by atoms with Crippen molar-refractivity contribution in [2.75, 3.05) is 7.05 Å². The van der Waals surface area contributed by atoms with E-state index in [1.54, 1.807) is 0 Å². The van der Waals surface area contributed by atoms with Gasteiger partial charge in [-0.15, -0.1) is 11.3 Å². The second-order valence-electron chi connectivity index (χ2n) is 5.37. The minimum atomic E-state index is 0.555. The van der Waals surface area contributed by atoms with Crippen LogP contribution in [-0.2, 0) is 19.4 Å². The Balaban J connectivity index is 1.80. The van der Waals surface area contributed by atoms with Gasteiger partial charge in [-0.2, -0.15) is 0 Å². The van der Waals surface area contributed by atoms with E-state index in [1.165, 1.54) is 40.1 Å². The highest BCUT2D eigenvalue weighted by Gasteiger charge is 2.20. The maximum atomic E-state index is 3.44. The van der Waals surface area contributed by atoms with Gasteiger partial charge < -0.3 is 9.88 Å². The molecule has 1 N–H and O–H groups in total. The molecule has 2 nitrogen and oxygen atoms in total. The number of aryl methyl sites for hydroxylation is 2. The molecule has 3 rings (SSSR count). The molecular weight excluding hydrogens is 252 g/mol. The van der Waals surface area contributed by atoms with Crippen LogP contribution in [0.2, 0.25) is 0 Å². The third-order valence-electron chi connectivity index (χ3n) is 4.06. The van der Waals surface area contributed by atoms with Crippen LogP contribution in [-0.4, -0.2) is 11.6 Å². The van der Waals surface area contributed by atoms with Gasteiger partial charge in [0.25, 0.3) is 0 Å². The average Bonchev–Trinajstić information content (AvgIpc) is 3.04. The van der Waals surface area contributed by atoms with Crippen LogP contribution in [0.5, 0.6) is 0 Å². The van der Waals surface area contributed by atoms with E-state index in [2.05, 4.69) is 48.4 Å². The molecule has 0 saturated carbocycles. The molecule has 0 bridgehead atoms. The number of thiophene rings is 1. The van der Waals surface area contributed by atoms with Gasteiger partial charge in [-0.05, 0) is 56.0 Å². The van der Waals surface area contributed by atoms with E-state index in [9.17, 15) is 0 Å². The van der Waals surface area contributed by atoms with Crippen LogP contribution in [0.4, 0.5) is 0 Å². The molecule has 0 fully saturated rings. The van der Waals surface area contributed by atoms with E-state index in [4.69, 9.17) is 0 Å². The molecular formula is C16H22N2S. The molecule has 0 saturated heterocycles. The normalized spacial score (nSPS) is 18.5. The molecule has 0 aliphatic heterocycles. The van der Waals surface area contributed by atoms with Crippen molar-refractivity contribution in [2.45, 2.75) is 45.2 Å². The molecule has 0 aromatic carbocycles. The third-order valence-corrected chi connectivity index (χ3v) is 5.28. The largest absolute Gasteiger partial charge is 0.348 e. The monoisotopic (exact) mass is 274 g/mol. The molecule has 19 heavy (non-hydrogen) atoms. The number of nitrogens with one attached hydrogen (secondary N) is 1. The summed E-state index contributed by atoms with van der Waals surface area (Å²) in [5.74, 6) is 0. The molecule has 1 aliphatic carbocycles. The van der Waals surface area contributed by atoms with Crippen LogP contribution in [0.3, 0.4) is 0 Å². The van der Waals surface area contributed by atoms with Gasteiger partial charge in [0.2, 0.25) is 0 Å². The summed E-state index contributed by atoms with van der Waals surface area (Å²) < 4.78 is 2.37. The lowest BCUT2D eigenvalue weighted by atomic mass is 9.91. The predicted molar refractivity (Wildman–Crippen MR) is 82.0 cm³/mol. The highest BCUT2D eigenvalue weighted by atomic mass is 32.1. The first-order chi connectivity index (χ1) is 9.30. The van der Waals surface area contributed by atoms with Crippen LogP contribution in [0.1, 0.15) is 46.7 Å². The Morgan fingerprint density at radius 1 is 1.32 bits per heavy atom. The van der Waals surface area contributed by atoms with Crippen molar-refractivity contribution in [3.05, 3.63) is 45.4 Å². The van der Waals surface area contributed by atoms with Gasteiger partial charge in [-0.3, -0.25) is 0 Å². The fourth-order valence-corrected chi connectivity index (χ4v) is 3.98. The Labute approximate surface area is 119 Å². The van der Waals surface area contributed by atoms with Crippen molar-refractivity contribution in [2.24, 2.45) is 0 Å². The summed E-state index contributed by atoms with van der Waals surface area (Å²) in [5.41, 5.74) is 3.05. The number of rotatable bonds is 4. The van der Waals surface area contributed by atoms with Crippen molar-refractivity contribution in [1.82, 2.24) is 9.88 Å². The fraction of sp³-hybridized carbons (Fsp3) is 0.500. The van der Waals surface area contributed by atoms with E-state index in [-0.39, 0.29) is 0 Å². The van der Waals surface area contributed by atoms with Gasteiger partial charge in [0.05, 0.1) is 6.54 Å². The second-order valence-corrected chi connectivity index (χ2v) is 6.62. The predicted octanol–water partition coefficient (Wildman–Crippen LogP) is 3.76. The van der Waals surface area contributed by atoms with E-state index in [1.807, 2.05) is 11.3 Å². The lowest BCUT2D eigenvalue weighted by Crippen LogP contribution is -2.20. The lowest BCUT2D eigenvalue weighted by molar-refractivity contribution is 0.498. The third kappa shape index (κ3) is 2.63. The molecule has 1 unspecified atom stereocenters. The summed E-state index contributed by atoms with van der Waals surface area (Å²) in [7, 11) is 2.07. The van der Waals surface area contributed by atoms with Gasteiger partial charge in [0.1, 0.15) is 0 Å². The van der Waals surface area contributed by atoms with Crippen molar-refractivity contribution in [3.8, 4) is 0 Å². The summed E-state index contributed by atoms with van der Waals surface area (Å²) in [6, 6.07) is 5.09. The van der Waals surface area contributed by atoms with Crippen LogP contribution in [0.15, 0.2) is 24.5 Å². The van der Waals surface area contributed by atoms with E-state index in [0.717, 1.165) is 13.0 Å². The van der Waals surface area contributed by atoms with Gasteiger partial charge in [-0.25, -0.2) is 0 Å². The van der Waals surface area contributed by atoms with E-state index in [0.29, 0.717) is 6.04 Å². The Hall–Kier alpha value is -1.06. The first-order valence-electron chi connectivity index (χ1n) is 7.23. The quantitative estimate of drug-likeness (QED) is 0.898. The molecule has 0 amide bonds. The molecule has 3 heteroatoms. The highest BCUT2D eigenvalue weighted by molar-refractivity contribution is 7.11. The molecule has 2 heterocycles. The van der Waals surface area contributed by atoms with Crippen molar-refractivity contribution in [3.63, 3.8) is 0 Å². The van der Waals surface area contributed by atoms with Gasteiger partial charge >= 0.3 is 0 Å². The minimum Gasteiger partial charge on any atom is -0.348 e. The molecule has 2 aromatic heterocycles. The topological polar surface area (TPSA) is 17.0 Å². The van der Waals surface area contributed by atoms with Crippen LogP contribution in [0.25, 0.3) is 0 Å². The number of nitrogens with zero attached hydrogens (tertiary/aromatic N) is 1. The first kappa shape index (κ1) is 12.9. The summed E-state index contributed by atoms with van der Waals surface area (Å²) in [4.78, 5) is 2.95. The summed E-state index contributed by atoms with van der Waals surface area (Å²) in [6.07, 6.45) is 9.67. The highest BCUT2D eigenvalue weighted by Crippen LogP contribution is 2.30. The zero-order chi connectivity index (χ0) is 13.2. The zero-order valence-electron chi connectivity index (χ0n) is 11.8. The van der Waals surface area contributed by atoms with Gasteiger partial charge in [-0.1, -0.05) is 6.92 Å². The zero-order valence-corrected chi connectivity index (χ0v) is 12.6. The van der Waals surface area contributed by atoms with Crippen LogP contribution >= 0.6 is 11.3 Å². The van der Waals surface area contributed by atoms with Gasteiger partial charge in [0.15, 0.2) is 0 Å². The van der Waals surface area contributed by atoms with E-state index >= 15 is 0 Å². The Kier molecular flexibility index (Phi) is 3.76. The fourth-order valence-electron chi connectivity index (χ4n) is 3.02. The number of hydrogen-bond acceptors (Lipinski definition) is 2. The molecule has 1 atom stereocenters. The van der Waals surface area contributed by atoms with Crippen molar-refractivity contribution < 1.29 is 0 Å². The first-order valence-corrected chi connectivity index (χ1v) is 8.05. The van der Waals surface area contributed by atoms with Gasteiger partial charge in [0, 0.05) is 28.2 Å². The number of aromatic nitrogens is 1. The minimum absolute atomic E-state index is 0.555. The second kappa shape index (κ2) is 5.51.